The molecule has 0 unspecified atom stereocenters. The molecule has 1 saturated carbocycles. The van der Waals surface area contributed by atoms with Gasteiger partial charge in [-0.1, -0.05) is 38.3 Å². The number of aliphatic carboxylic acids is 1. The number of hydrogen-bond donors (Lipinski definition) is 1. The van der Waals surface area contributed by atoms with Crippen LogP contribution in [0.4, 0.5) is 0 Å². The average Bonchev–Trinajstić information content (AvgIpc) is 2.52. The summed E-state index contributed by atoms with van der Waals surface area (Å²) in [5.74, 6) is 0.0560. The Hall–Kier alpha value is -1.55. The van der Waals surface area contributed by atoms with Crippen LogP contribution in [0.25, 0.3) is 0 Å². The number of hydrogen-bond acceptors (Lipinski definition) is 3. The van der Waals surface area contributed by atoms with Gasteiger partial charge in [0.15, 0.2) is 0 Å². The van der Waals surface area contributed by atoms with Gasteiger partial charge in [-0.15, -0.1) is 0 Å². The molecule has 0 aromatic heterocycles. The monoisotopic (exact) mass is 304 g/mol. The van der Waals surface area contributed by atoms with E-state index in [2.05, 4.69) is 6.92 Å². The van der Waals surface area contributed by atoms with Crippen molar-refractivity contribution in [3.05, 3.63) is 29.8 Å². The number of rotatable bonds is 5. The summed E-state index contributed by atoms with van der Waals surface area (Å²) in [6.07, 6.45) is 4.53. The molecule has 1 aromatic carbocycles. The van der Waals surface area contributed by atoms with E-state index >= 15 is 0 Å². The zero-order valence-corrected chi connectivity index (χ0v) is 13.1. The van der Waals surface area contributed by atoms with Crippen molar-refractivity contribution in [2.24, 2.45) is 5.41 Å². The molecule has 0 atom stereocenters. The van der Waals surface area contributed by atoms with Crippen LogP contribution in [0.5, 0.6) is 5.75 Å². The van der Waals surface area contributed by atoms with Crippen molar-refractivity contribution in [2.75, 3.05) is 19.8 Å². The van der Waals surface area contributed by atoms with E-state index in [1.807, 2.05) is 24.3 Å². The Morgan fingerprint density at radius 1 is 1.27 bits per heavy atom. The van der Waals surface area contributed by atoms with Crippen LogP contribution >= 0.6 is 0 Å². The minimum atomic E-state index is -0.735. The lowest BCUT2D eigenvalue weighted by molar-refractivity contribution is -0.145. The van der Waals surface area contributed by atoms with E-state index in [9.17, 15) is 9.90 Å². The molecule has 4 heteroatoms. The molecule has 0 radical (unpaired) electrons. The Morgan fingerprint density at radius 3 is 2.59 bits per heavy atom. The fourth-order valence-electron chi connectivity index (χ4n) is 3.46. The lowest BCUT2D eigenvalue weighted by atomic mass is 9.69. The molecule has 4 nitrogen and oxygen atoms in total. The smallest absolute Gasteiger partial charge is 0.314 e. The van der Waals surface area contributed by atoms with Gasteiger partial charge in [0.2, 0.25) is 0 Å². The van der Waals surface area contributed by atoms with Crippen molar-refractivity contribution < 1.29 is 19.4 Å². The van der Waals surface area contributed by atoms with Crippen LogP contribution in [-0.4, -0.2) is 30.9 Å². The molecule has 22 heavy (non-hydrogen) atoms. The Balaban J connectivity index is 1.78. The third-order valence-corrected chi connectivity index (χ3v) is 4.99. The molecule has 2 fully saturated rings. The summed E-state index contributed by atoms with van der Waals surface area (Å²) < 4.78 is 11.1. The van der Waals surface area contributed by atoms with Crippen LogP contribution < -0.4 is 4.74 Å². The molecule has 1 aliphatic carbocycles. The zero-order chi connectivity index (χ0) is 15.6. The number of benzene rings is 1. The van der Waals surface area contributed by atoms with Crippen molar-refractivity contribution in [3.8, 4) is 5.75 Å². The Bertz CT molecular complexity index is 542. The topological polar surface area (TPSA) is 55.8 Å². The maximum absolute atomic E-state index is 11.9. The summed E-state index contributed by atoms with van der Waals surface area (Å²) in [5, 5.41) is 9.78. The summed E-state index contributed by atoms with van der Waals surface area (Å²) in [4.78, 5) is 11.9. The first-order chi connectivity index (χ1) is 10.5. The largest absolute Gasteiger partial charge is 0.493 e. The van der Waals surface area contributed by atoms with Gasteiger partial charge in [0, 0.05) is 5.41 Å². The molecule has 120 valence electrons. The molecule has 1 aliphatic heterocycles. The van der Waals surface area contributed by atoms with Crippen molar-refractivity contribution >= 4 is 5.97 Å². The predicted octanol–water partition coefficient (Wildman–Crippen LogP) is 3.39. The lowest BCUT2D eigenvalue weighted by Crippen LogP contribution is -2.44. The quantitative estimate of drug-likeness (QED) is 0.906. The second-order valence-electron chi connectivity index (χ2n) is 7.07. The summed E-state index contributed by atoms with van der Waals surface area (Å²) >= 11 is 0. The fraction of sp³-hybridized carbons (Fsp3) is 0.611. The van der Waals surface area contributed by atoms with E-state index in [4.69, 9.17) is 9.47 Å². The van der Waals surface area contributed by atoms with Crippen LogP contribution in [0.15, 0.2) is 24.3 Å². The second kappa shape index (κ2) is 5.92. The van der Waals surface area contributed by atoms with Gasteiger partial charge in [-0.25, -0.2) is 0 Å². The number of carboxylic acids is 1. The molecule has 1 saturated heterocycles. The van der Waals surface area contributed by atoms with E-state index < -0.39 is 11.4 Å². The summed E-state index contributed by atoms with van der Waals surface area (Å²) in [6.45, 7) is 4.20. The van der Waals surface area contributed by atoms with Gasteiger partial charge in [0.25, 0.3) is 0 Å². The van der Waals surface area contributed by atoms with E-state index in [-0.39, 0.29) is 5.41 Å². The van der Waals surface area contributed by atoms with Gasteiger partial charge in [0.1, 0.15) is 5.75 Å². The molecule has 1 N–H and O–H groups in total. The van der Waals surface area contributed by atoms with Gasteiger partial charge in [0.05, 0.1) is 25.2 Å². The first kappa shape index (κ1) is 15.3. The van der Waals surface area contributed by atoms with Crippen LogP contribution in [0.2, 0.25) is 0 Å². The molecule has 0 spiro atoms. The molecular weight excluding hydrogens is 280 g/mol. The SMILES string of the molecule is CC1(COc2cccc(C3(C(=O)O)CCCCC3)c2)COC1. The van der Waals surface area contributed by atoms with Crippen molar-refractivity contribution in [2.45, 2.75) is 44.4 Å². The van der Waals surface area contributed by atoms with Crippen molar-refractivity contribution in [3.63, 3.8) is 0 Å². The number of carboxylic acid groups (broad SMARTS) is 1. The highest BCUT2D eigenvalue weighted by molar-refractivity contribution is 5.81. The van der Waals surface area contributed by atoms with Crippen molar-refractivity contribution in [1.82, 2.24) is 0 Å². The van der Waals surface area contributed by atoms with E-state index in [0.717, 1.165) is 56.6 Å². The third-order valence-electron chi connectivity index (χ3n) is 4.99. The lowest BCUT2D eigenvalue weighted by Gasteiger charge is -2.37. The molecular formula is C18H24O4. The van der Waals surface area contributed by atoms with Gasteiger partial charge in [-0.3, -0.25) is 4.79 Å². The Labute approximate surface area is 131 Å². The molecule has 2 aliphatic rings. The van der Waals surface area contributed by atoms with Gasteiger partial charge < -0.3 is 14.6 Å². The second-order valence-corrected chi connectivity index (χ2v) is 7.07. The standard InChI is InChI=1S/C18H24O4/c1-17(11-21-12-17)13-22-15-7-5-6-14(10-15)18(16(19)20)8-3-2-4-9-18/h5-7,10H,2-4,8-9,11-13H2,1H3,(H,19,20). The first-order valence-corrected chi connectivity index (χ1v) is 8.09. The maximum atomic E-state index is 11.9. The average molecular weight is 304 g/mol. The van der Waals surface area contributed by atoms with Crippen LogP contribution in [-0.2, 0) is 14.9 Å². The van der Waals surface area contributed by atoms with Crippen LogP contribution in [0, 0.1) is 5.41 Å². The number of carbonyl (C=O) groups is 1. The highest BCUT2D eigenvalue weighted by Gasteiger charge is 2.41. The minimum Gasteiger partial charge on any atom is -0.493 e. The molecule has 1 heterocycles. The minimum absolute atomic E-state index is 0.0886. The Morgan fingerprint density at radius 2 is 2.00 bits per heavy atom. The predicted molar refractivity (Wildman–Crippen MR) is 83.3 cm³/mol. The first-order valence-electron chi connectivity index (χ1n) is 8.09. The fourth-order valence-corrected chi connectivity index (χ4v) is 3.46. The molecule has 0 amide bonds. The summed E-state index contributed by atoms with van der Waals surface area (Å²) in [6, 6.07) is 7.66. The van der Waals surface area contributed by atoms with E-state index in [1.54, 1.807) is 0 Å². The third kappa shape index (κ3) is 2.84. The van der Waals surface area contributed by atoms with Gasteiger partial charge in [-0.05, 0) is 30.5 Å². The molecule has 3 rings (SSSR count). The van der Waals surface area contributed by atoms with Gasteiger partial charge >= 0.3 is 5.97 Å². The summed E-state index contributed by atoms with van der Waals surface area (Å²) in [7, 11) is 0. The highest BCUT2D eigenvalue weighted by atomic mass is 16.5. The Kier molecular flexibility index (Phi) is 4.13. The molecule has 1 aromatic rings. The maximum Gasteiger partial charge on any atom is 0.314 e. The van der Waals surface area contributed by atoms with Gasteiger partial charge in [-0.2, -0.15) is 0 Å². The zero-order valence-electron chi connectivity index (χ0n) is 13.1. The number of ether oxygens (including phenoxy) is 2. The van der Waals surface area contributed by atoms with Crippen molar-refractivity contribution in [1.29, 1.82) is 0 Å². The summed E-state index contributed by atoms with van der Waals surface area (Å²) in [5.41, 5.74) is 0.235. The van der Waals surface area contributed by atoms with E-state index in [1.165, 1.54) is 0 Å². The van der Waals surface area contributed by atoms with Crippen LogP contribution in [0.1, 0.15) is 44.6 Å². The normalized spacial score (nSPS) is 22.6. The molecule has 0 bridgehead atoms. The van der Waals surface area contributed by atoms with Crippen LogP contribution in [0.3, 0.4) is 0 Å². The highest BCUT2D eigenvalue weighted by Crippen LogP contribution is 2.41. The van der Waals surface area contributed by atoms with E-state index in [0.29, 0.717) is 6.61 Å².